The van der Waals surface area contributed by atoms with Gasteiger partial charge in [-0.15, -0.1) is 0 Å². The quantitative estimate of drug-likeness (QED) is 0.862. The van der Waals surface area contributed by atoms with Gasteiger partial charge in [0.15, 0.2) is 0 Å². The smallest absolute Gasteiger partial charge is 0.307 e. The summed E-state index contributed by atoms with van der Waals surface area (Å²) >= 11 is 0. The van der Waals surface area contributed by atoms with Crippen molar-refractivity contribution < 1.29 is 17.6 Å². The number of aryl methyl sites for hydroxylation is 1. The van der Waals surface area contributed by atoms with Crippen molar-refractivity contribution in [3.63, 3.8) is 0 Å². The maximum absolute atomic E-state index is 13.0. The Balaban J connectivity index is 2.70. The van der Waals surface area contributed by atoms with E-state index in [1.807, 2.05) is 0 Å². The Kier molecular flexibility index (Phi) is 3.61. The standard InChI is InChI=1S/C13H10F4N2O/c1-2-8-6-11(20)19-12(18-8)9-4-3-7(14)5-10(9)13(15,16)17/h3-6H,2H2,1H3,(H,18,19,20). The maximum Gasteiger partial charge on any atom is 0.417 e. The van der Waals surface area contributed by atoms with Crippen molar-refractivity contribution in [1.29, 1.82) is 0 Å². The van der Waals surface area contributed by atoms with Gasteiger partial charge in [0.05, 0.1) is 5.56 Å². The second-order valence-corrected chi connectivity index (χ2v) is 4.13. The molecule has 106 valence electrons. The van der Waals surface area contributed by atoms with Gasteiger partial charge in [-0.25, -0.2) is 9.37 Å². The summed E-state index contributed by atoms with van der Waals surface area (Å²) in [4.78, 5) is 17.6. The molecule has 0 saturated heterocycles. The summed E-state index contributed by atoms with van der Waals surface area (Å²) in [7, 11) is 0. The van der Waals surface area contributed by atoms with Crippen molar-refractivity contribution in [2.75, 3.05) is 0 Å². The molecule has 7 heteroatoms. The molecule has 2 rings (SSSR count). The molecule has 1 heterocycles. The lowest BCUT2D eigenvalue weighted by atomic mass is 10.1. The molecule has 3 nitrogen and oxygen atoms in total. The van der Waals surface area contributed by atoms with Crippen LogP contribution in [0.25, 0.3) is 11.4 Å². The first-order chi connectivity index (χ1) is 9.31. The molecule has 0 fully saturated rings. The molecule has 0 aliphatic rings. The summed E-state index contributed by atoms with van der Waals surface area (Å²) in [6.45, 7) is 1.72. The topological polar surface area (TPSA) is 45.8 Å². The normalized spacial score (nSPS) is 11.7. The van der Waals surface area contributed by atoms with Crippen molar-refractivity contribution in [2.45, 2.75) is 19.5 Å². The van der Waals surface area contributed by atoms with Crippen LogP contribution >= 0.6 is 0 Å². The van der Waals surface area contributed by atoms with Gasteiger partial charge in [-0.05, 0) is 24.6 Å². The summed E-state index contributed by atoms with van der Waals surface area (Å²) in [6.07, 6.45) is -4.34. The fourth-order valence-electron chi connectivity index (χ4n) is 1.77. The third kappa shape index (κ3) is 2.87. The van der Waals surface area contributed by atoms with E-state index in [1.54, 1.807) is 6.92 Å². The first-order valence-corrected chi connectivity index (χ1v) is 5.78. The molecule has 1 N–H and O–H groups in total. The minimum absolute atomic E-state index is 0.221. The number of rotatable bonds is 2. The molecule has 0 atom stereocenters. The number of hydrogen-bond donors (Lipinski definition) is 1. The largest absolute Gasteiger partial charge is 0.417 e. The second kappa shape index (κ2) is 5.07. The van der Waals surface area contributed by atoms with Gasteiger partial charge in [-0.1, -0.05) is 6.92 Å². The summed E-state index contributed by atoms with van der Waals surface area (Å²) in [5.74, 6) is -1.23. The lowest BCUT2D eigenvalue weighted by Gasteiger charge is -2.12. The molecule has 0 unspecified atom stereocenters. The van der Waals surface area contributed by atoms with E-state index in [-0.39, 0.29) is 11.4 Å². The number of aromatic amines is 1. The molecular formula is C13H10F4N2O. The van der Waals surface area contributed by atoms with Gasteiger partial charge in [0.25, 0.3) is 5.56 Å². The number of nitrogens with zero attached hydrogens (tertiary/aromatic N) is 1. The minimum Gasteiger partial charge on any atom is -0.307 e. The van der Waals surface area contributed by atoms with Crippen LogP contribution in [0.2, 0.25) is 0 Å². The molecule has 0 amide bonds. The zero-order chi connectivity index (χ0) is 14.9. The number of nitrogens with one attached hydrogen (secondary N) is 1. The van der Waals surface area contributed by atoms with Crippen LogP contribution in [0.3, 0.4) is 0 Å². The third-order valence-corrected chi connectivity index (χ3v) is 2.70. The number of benzene rings is 1. The van der Waals surface area contributed by atoms with Gasteiger partial charge in [-0.2, -0.15) is 13.2 Å². The fourth-order valence-corrected chi connectivity index (χ4v) is 1.77. The summed E-state index contributed by atoms with van der Waals surface area (Å²) in [5, 5.41) is 0. The van der Waals surface area contributed by atoms with Gasteiger partial charge in [0, 0.05) is 17.3 Å². The van der Waals surface area contributed by atoms with Crippen LogP contribution in [0, 0.1) is 5.82 Å². The van der Waals surface area contributed by atoms with E-state index in [0.717, 1.165) is 12.1 Å². The molecule has 0 aliphatic heterocycles. The van der Waals surface area contributed by atoms with Crippen LogP contribution in [0.1, 0.15) is 18.2 Å². The molecule has 2 aromatic rings. The Morgan fingerprint density at radius 2 is 1.95 bits per heavy atom. The van der Waals surface area contributed by atoms with Crippen molar-refractivity contribution >= 4 is 0 Å². The van der Waals surface area contributed by atoms with Gasteiger partial charge < -0.3 is 4.98 Å². The fraction of sp³-hybridized carbons (Fsp3) is 0.231. The number of aromatic nitrogens is 2. The van der Waals surface area contributed by atoms with E-state index in [2.05, 4.69) is 9.97 Å². The average Bonchev–Trinajstić information content (AvgIpc) is 2.36. The summed E-state index contributed by atoms with van der Waals surface area (Å²) < 4.78 is 51.8. The van der Waals surface area contributed by atoms with Crippen LogP contribution in [-0.2, 0) is 12.6 Å². The highest BCUT2D eigenvalue weighted by Crippen LogP contribution is 2.36. The SMILES string of the molecule is CCc1cc(=O)[nH]c(-c2ccc(F)cc2C(F)(F)F)n1. The third-order valence-electron chi connectivity index (χ3n) is 2.70. The van der Waals surface area contributed by atoms with Gasteiger partial charge >= 0.3 is 6.18 Å². The molecule has 20 heavy (non-hydrogen) atoms. The van der Waals surface area contributed by atoms with E-state index in [1.165, 1.54) is 6.07 Å². The Morgan fingerprint density at radius 3 is 2.55 bits per heavy atom. The van der Waals surface area contributed by atoms with Crippen molar-refractivity contribution in [2.24, 2.45) is 0 Å². The Morgan fingerprint density at radius 1 is 1.25 bits per heavy atom. The van der Waals surface area contributed by atoms with E-state index in [9.17, 15) is 22.4 Å². The van der Waals surface area contributed by atoms with Crippen LogP contribution in [0.4, 0.5) is 17.6 Å². The predicted molar refractivity (Wildman–Crippen MR) is 64.6 cm³/mol. The first kappa shape index (κ1) is 14.2. The Labute approximate surface area is 111 Å². The van der Waals surface area contributed by atoms with Crippen LogP contribution in [0.15, 0.2) is 29.1 Å². The Bertz CT molecular complexity index is 692. The zero-order valence-electron chi connectivity index (χ0n) is 10.4. The first-order valence-electron chi connectivity index (χ1n) is 5.78. The molecule has 0 bridgehead atoms. The predicted octanol–water partition coefficient (Wildman–Crippen LogP) is 3.16. The van der Waals surface area contributed by atoms with Crippen LogP contribution in [-0.4, -0.2) is 9.97 Å². The summed E-state index contributed by atoms with van der Waals surface area (Å²) in [6, 6.07) is 3.44. The van der Waals surface area contributed by atoms with Gasteiger partial charge in [-0.3, -0.25) is 4.79 Å². The van der Waals surface area contributed by atoms with E-state index in [4.69, 9.17) is 0 Å². The maximum atomic E-state index is 13.0. The van der Waals surface area contributed by atoms with E-state index < -0.39 is 23.1 Å². The highest BCUT2D eigenvalue weighted by atomic mass is 19.4. The van der Waals surface area contributed by atoms with Gasteiger partial charge in [0.1, 0.15) is 11.6 Å². The molecule has 0 spiro atoms. The highest BCUT2D eigenvalue weighted by molar-refractivity contribution is 5.61. The molecule has 1 aromatic carbocycles. The van der Waals surface area contributed by atoms with E-state index >= 15 is 0 Å². The van der Waals surface area contributed by atoms with Crippen molar-refractivity contribution in [1.82, 2.24) is 9.97 Å². The molecular weight excluding hydrogens is 276 g/mol. The monoisotopic (exact) mass is 286 g/mol. The van der Waals surface area contributed by atoms with Crippen LogP contribution < -0.4 is 5.56 Å². The highest BCUT2D eigenvalue weighted by Gasteiger charge is 2.34. The molecule has 0 saturated carbocycles. The number of halogens is 4. The van der Waals surface area contributed by atoms with Crippen molar-refractivity contribution in [3.05, 3.63) is 51.7 Å². The number of alkyl halides is 3. The lowest BCUT2D eigenvalue weighted by Crippen LogP contribution is -2.13. The molecule has 0 aliphatic carbocycles. The minimum atomic E-state index is -4.74. The zero-order valence-corrected chi connectivity index (χ0v) is 10.4. The molecule has 1 aromatic heterocycles. The average molecular weight is 286 g/mol. The lowest BCUT2D eigenvalue weighted by molar-refractivity contribution is -0.137. The van der Waals surface area contributed by atoms with E-state index in [0.29, 0.717) is 18.2 Å². The Hall–Kier alpha value is -2.18. The second-order valence-electron chi connectivity index (χ2n) is 4.13. The van der Waals surface area contributed by atoms with Crippen LogP contribution in [0.5, 0.6) is 0 Å². The molecule has 0 radical (unpaired) electrons. The summed E-state index contributed by atoms with van der Waals surface area (Å²) in [5.41, 5.74) is -1.72. The number of H-pyrrole nitrogens is 1. The van der Waals surface area contributed by atoms with Gasteiger partial charge in [0.2, 0.25) is 0 Å². The number of hydrogen-bond acceptors (Lipinski definition) is 2. The van der Waals surface area contributed by atoms with Crippen molar-refractivity contribution in [3.8, 4) is 11.4 Å².